The Balaban J connectivity index is 2.53. The molecule has 0 heterocycles. The van der Waals surface area contributed by atoms with Crippen molar-refractivity contribution in [2.45, 2.75) is 24.8 Å². The second-order valence-corrected chi connectivity index (χ2v) is 7.62. The minimum atomic E-state index is -4.49. The van der Waals surface area contributed by atoms with Gasteiger partial charge in [-0.3, -0.25) is 19.2 Å². The maximum absolute atomic E-state index is 13.0. The highest BCUT2D eigenvalue weighted by molar-refractivity contribution is 7.93. The zero-order valence-electron chi connectivity index (χ0n) is 14.6. The summed E-state index contributed by atoms with van der Waals surface area (Å²) in [5, 5.41) is 20.3. The van der Waals surface area contributed by atoms with Gasteiger partial charge >= 0.3 is 5.97 Å². The van der Waals surface area contributed by atoms with Crippen LogP contribution in [0.25, 0.3) is 0 Å². The van der Waals surface area contributed by atoms with Crippen molar-refractivity contribution in [3.8, 4) is 5.75 Å². The van der Waals surface area contributed by atoms with Crippen molar-refractivity contribution in [3.05, 3.63) is 58.6 Å². The van der Waals surface area contributed by atoms with Gasteiger partial charge in [-0.25, -0.2) is 8.42 Å². The van der Waals surface area contributed by atoms with Gasteiger partial charge in [-0.15, -0.1) is 0 Å². The molecule has 0 aliphatic heterocycles. The minimum absolute atomic E-state index is 0.0478. The van der Waals surface area contributed by atoms with E-state index in [-0.39, 0.29) is 11.8 Å². The van der Waals surface area contributed by atoms with Gasteiger partial charge in [0.05, 0.1) is 16.7 Å². The van der Waals surface area contributed by atoms with E-state index < -0.39 is 38.0 Å². The van der Waals surface area contributed by atoms with Crippen LogP contribution in [0.15, 0.2) is 53.4 Å². The number of nitrogens with zero attached hydrogens (tertiary/aromatic N) is 2. The first-order valence-electron chi connectivity index (χ1n) is 7.87. The zero-order valence-corrected chi connectivity index (χ0v) is 15.4. The van der Waals surface area contributed by atoms with Crippen LogP contribution in [0.3, 0.4) is 0 Å². The molecule has 0 saturated carbocycles. The van der Waals surface area contributed by atoms with E-state index in [1.807, 2.05) is 13.8 Å². The average Bonchev–Trinajstić information content (AvgIpc) is 2.59. The number of nitro benzene ring substituents is 1. The van der Waals surface area contributed by atoms with E-state index in [1.165, 1.54) is 36.4 Å². The molecule has 0 spiro atoms. The molecule has 0 bridgehead atoms. The van der Waals surface area contributed by atoms with Crippen LogP contribution in [0, 0.1) is 10.1 Å². The number of aliphatic carboxylic acids is 1. The van der Waals surface area contributed by atoms with E-state index >= 15 is 0 Å². The van der Waals surface area contributed by atoms with Crippen molar-refractivity contribution < 1.29 is 28.0 Å². The van der Waals surface area contributed by atoms with Crippen molar-refractivity contribution in [2.75, 3.05) is 10.8 Å². The third-order valence-corrected chi connectivity index (χ3v) is 5.23. The number of rotatable bonds is 8. The second-order valence-electron chi connectivity index (χ2n) is 5.79. The van der Waals surface area contributed by atoms with Crippen LogP contribution in [0.4, 0.5) is 11.4 Å². The normalized spacial score (nSPS) is 11.2. The molecule has 0 aromatic heterocycles. The molecule has 144 valence electrons. The standard InChI is InChI=1S/C17H18N2O7S/c1-12(2)26-14-9-7-13(8-10-14)18(11-17(20)21)27(24,25)16-6-4-3-5-15(16)19(22)23/h3-10,12H,11H2,1-2H3,(H,20,21). The minimum Gasteiger partial charge on any atom is -0.491 e. The molecule has 0 amide bonds. The Labute approximate surface area is 156 Å². The predicted octanol–water partition coefficient (Wildman–Crippen LogP) is 2.66. The van der Waals surface area contributed by atoms with Gasteiger partial charge in [0.2, 0.25) is 0 Å². The number of anilines is 1. The summed E-state index contributed by atoms with van der Waals surface area (Å²) in [6.07, 6.45) is -0.0957. The Kier molecular flexibility index (Phi) is 6.01. The van der Waals surface area contributed by atoms with Gasteiger partial charge < -0.3 is 9.84 Å². The van der Waals surface area contributed by atoms with Crippen molar-refractivity contribution in [1.29, 1.82) is 0 Å². The Bertz CT molecular complexity index is 940. The maximum atomic E-state index is 13.0. The SMILES string of the molecule is CC(C)Oc1ccc(N(CC(=O)O)S(=O)(=O)c2ccccc2[N+](=O)[O-])cc1. The lowest BCUT2D eigenvalue weighted by atomic mass is 10.3. The van der Waals surface area contributed by atoms with E-state index in [4.69, 9.17) is 9.84 Å². The van der Waals surface area contributed by atoms with Gasteiger partial charge in [0.15, 0.2) is 4.90 Å². The molecule has 9 nitrogen and oxygen atoms in total. The third-order valence-electron chi connectivity index (χ3n) is 3.41. The van der Waals surface area contributed by atoms with E-state index in [0.29, 0.717) is 10.1 Å². The number of ether oxygens (including phenoxy) is 1. The van der Waals surface area contributed by atoms with Gasteiger partial charge in [0, 0.05) is 6.07 Å². The summed E-state index contributed by atoms with van der Waals surface area (Å²) < 4.78 is 32.1. The number of hydrogen-bond acceptors (Lipinski definition) is 6. The molecule has 0 unspecified atom stereocenters. The highest BCUT2D eigenvalue weighted by Crippen LogP contribution is 2.30. The van der Waals surface area contributed by atoms with Gasteiger partial charge in [-0.05, 0) is 44.2 Å². The lowest BCUT2D eigenvalue weighted by Crippen LogP contribution is -2.36. The smallest absolute Gasteiger partial charge is 0.324 e. The van der Waals surface area contributed by atoms with Gasteiger partial charge in [0.1, 0.15) is 12.3 Å². The van der Waals surface area contributed by atoms with Gasteiger partial charge in [-0.2, -0.15) is 0 Å². The number of para-hydroxylation sites is 1. The highest BCUT2D eigenvalue weighted by Gasteiger charge is 2.33. The molecule has 0 aliphatic carbocycles. The van der Waals surface area contributed by atoms with Crippen LogP contribution in [-0.2, 0) is 14.8 Å². The van der Waals surface area contributed by atoms with Crippen molar-refractivity contribution in [3.63, 3.8) is 0 Å². The van der Waals surface area contributed by atoms with E-state index in [9.17, 15) is 23.3 Å². The Morgan fingerprint density at radius 2 is 1.78 bits per heavy atom. The lowest BCUT2D eigenvalue weighted by Gasteiger charge is -2.23. The average molecular weight is 394 g/mol. The number of sulfonamides is 1. The molecule has 2 rings (SSSR count). The van der Waals surface area contributed by atoms with Crippen molar-refractivity contribution in [1.82, 2.24) is 0 Å². The largest absolute Gasteiger partial charge is 0.491 e. The molecule has 0 atom stereocenters. The van der Waals surface area contributed by atoms with Crippen LogP contribution in [-0.4, -0.2) is 37.1 Å². The number of carbonyl (C=O) groups is 1. The number of carboxylic acids is 1. The monoisotopic (exact) mass is 394 g/mol. The van der Waals surface area contributed by atoms with Crippen molar-refractivity contribution >= 4 is 27.4 Å². The van der Waals surface area contributed by atoms with Crippen LogP contribution in [0.1, 0.15) is 13.8 Å². The van der Waals surface area contributed by atoms with E-state index in [2.05, 4.69) is 0 Å². The first kappa shape index (κ1) is 20.2. The van der Waals surface area contributed by atoms with Crippen LogP contribution in [0.2, 0.25) is 0 Å². The van der Waals surface area contributed by atoms with Crippen LogP contribution in [0.5, 0.6) is 5.75 Å². The summed E-state index contributed by atoms with van der Waals surface area (Å²) >= 11 is 0. The molecule has 0 aliphatic rings. The lowest BCUT2D eigenvalue weighted by molar-refractivity contribution is -0.387. The summed E-state index contributed by atoms with van der Waals surface area (Å²) in [5.41, 5.74) is -0.584. The third kappa shape index (κ3) is 4.73. The van der Waals surface area contributed by atoms with Crippen molar-refractivity contribution in [2.24, 2.45) is 0 Å². The molecular formula is C17H18N2O7S. The first-order chi connectivity index (χ1) is 12.6. The fourth-order valence-electron chi connectivity index (χ4n) is 2.35. The summed E-state index contributed by atoms with van der Waals surface area (Å²) in [5.74, 6) is -0.924. The summed E-state index contributed by atoms with van der Waals surface area (Å²) in [7, 11) is -4.49. The quantitative estimate of drug-likeness (QED) is 0.538. The van der Waals surface area contributed by atoms with E-state index in [1.54, 1.807) is 0 Å². The highest BCUT2D eigenvalue weighted by atomic mass is 32.2. The number of nitro groups is 1. The van der Waals surface area contributed by atoms with Crippen LogP contribution >= 0.6 is 0 Å². The summed E-state index contributed by atoms with van der Waals surface area (Å²) in [6.45, 7) is 2.76. The number of hydrogen-bond donors (Lipinski definition) is 1. The topological polar surface area (TPSA) is 127 Å². The Morgan fingerprint density at radius 1 is 1.19 bits per heavy atom. The van der Waals surface area contributed by atoms with Crippen LogP contribution < -0.4 is 9.04 Å². The molecule has 2 aromatic rings. The van der Waals surface area contributed by atoms with Gasteiger partial charge in [0.25, 0.3) is 15.7 Å². The molecular weight excluding hydrogens is 376 g/mol. The fourth-order valence-corrected chi connectivity index (χ4v) is 3.92. The predicted molar refractivity (Wildman–Crippen MR) is 97.5 cm³/mol. The zero-order chi connectivity index (χ0) is 20.2. The maximum Gasteiger partial charge on any atom is 0.324 e. The molecule has 1 N–H and O–H groups in total. The molecule has 0 saturated heterocycles. The Hall–Kier alpha value is -3.14. The van der Waals surface area contributed by atoms with E-state index in [0.717, 1.165) is 12.1 Å². The molecule has 2 aromatic carbocycles. The molecule has 10 heteroatoms. The fraction of sp³-hybridized carbons (Fsp3) is 0.235. The number of carboxylic acid groups (broad SMARTS) is 1. The summed E-state index contributed by atoms with van der Waals surface area (Å²) in [4.78, 5) is 21.0. The summed E-state index contributed by atoms with van der Waals surface area (Å²) in [6, 6.07) is 10.5. The molecule has 27 heavy (non-hydrogen) atoms. The first-order valence-corrected chi connectivity index (χ1v) is 9.31. The second kappa shape index (κ2) is 8.04. The Morgan fingerprint density at radius 3 is 2.30 bits per heavy atom. The number of benzene rings is 2. The van der Waals surface area contributed by atoms with Gasteiger partial charge in [-0.1, -0.05) is 12.1 Å². The molecule has 0 radical (unpaired) electrons. The molecule has 0 fully saturated rings.